The Bertz CT molecular complexity index is 1770. The molecular formula is C30H28ClN3O6. The molecule has 5 heterocycles. The van der Waals surface area contributed by atoms with Gasteiger partial charge >= 0.3 is 5.63 Å². The van der Waals surface area contributed by atoms with Crippen LogP contribution in [-0.4, -0.2) is 50.0 Å². The normalized spacial score (nSPS) is 15.0. The highest BCUT2D eigenvalue weighted by Crippen LogP contribution is 2.40. The molecule has 40 heavy (non-hydrogen) atoms. The molecule has 2 aliphatic rings. The summed E-state index contributed by atoms with van der Waals surface area (Å²) < 4.78 is 28.4. The van der Waals surface area contributed by atoms with Crippen LogP contribution in [0.25, 0.3) is 33.3 Å². The summed E-state index contributed by atoms with van der Waals surface area (Å²) in [6.45, 7) is 6.45. The summed E-state index contributed by atoms with van der Waals surface area (Å²) in [4.78, 5) is 21.9. The van der Waals surface area contributed by atoms with Crippen molar-refractivity contribution in [2.45, 2.75) is 13.5 Å². The second-order valence-corrected chi connectivity index (χ2v) is 9.84. The molecule has 1 fully saturated rings. The number of para-hydroxylation sites is 2. The Morgan fingerprint density at radius 1 is 0.950 bits per heavy atom. The van der Waals surface area contributed by atoms with Gasteiger partial charge in [-0.3, -0.25) is 9.88 Å². The van der Waals surface area contributed by atoms with Gasteiger partial charge in [0.1, 0.15) is 17.1 Å². The minimum Gasteiger partial charge on any atom is -0.495 e. The fraction of sp³-hybridized carbons (Fsp3) is 0.267. The van der Waals surface area contributed by atoms with E-state index in [-0.39, 0.29) is 19.2 Å². The van der Waals surface area contributed by atoms with Gasteiger partial charge in [-0.2, -0.15) is 0 Å². The van der Waals surface area contributed by atoms with Crippen LogP contribution in [0.4, 0.5) is 5.69 Å². The molecule has 0 saturated carbocycles. The maximum Gasteiger partial charge on any atom is 0.336 e. The first-order valence-corrected chi connectivity index (χ1v) is 12.9. The average molecular weight is 562 g/mol. The van der Waals surface area contributed by atoms with E-state index >= 15 is 0 Å². The van der Waals surface area contributed by atoms with Gasteiger partial charge in [-0.15, -0.1) is 12.4 Å². The smallest absolute Gasteiger partial charge is 0.336 e. The van der Waals surface area contributed by atoms with Crippen molar-refractivity contribution < 1.29 is 23.0 Å². The van der Waals surface area contributed by atoms with Gasteiger partial charge in [-0.25, -0.2) is 4.79 Å². The molecule has 0 amide bonds. The largest absolute Gasteiger partial charge is 0.495 e. The van der Waals surface area contributed by atoms with Gasteiger partial charge in [0.05, 0.1) is 18.5 Å². The van der Waals surface area contributed by atoms with Crippen LogP contribution >= 0.6 is 12.4 Å². The number of pyridine rings is 1. The van der Waals surface area contributed by atoms with Crippen LogP contribution in [-0.2, 0) is 6.54 Å². The Hall–Kier alpha value is -4.21. The summed E-state index contributed by atoms with van der Waals surface area (Å²) >= 11 is 0. The number of aryl methyl sites for hydroxylation is 1. The molecule has 0 atom stereocenters. The second kappa shape index (κ2) is 10.4. The molecule has 0 spiro atoms. The Morgan fingerprint density at radius 2 is 1.73 bits per heavy atom. The number of rotatable bonds is 5. The third-order valence-corrected chi connectivity index (χ3v) is 7.52. The number of methoxy groups -OCH3 is 1. The molecule has 0 bridgehead atoms. The molecule has 0 radical (unpaired) electrons. The monoisotopic (exact) mass is 561 g/mol. The van der Waals surface area contributed by atoms with Crippen molar-refractivity contribution in [3.8, 4) is 28.6 Å². The molecule has 0 N–H and O–H groups in total. The van der Waals surface area contributed by atoms with Crippen LogP contribution in [0.5, 0.6) is 17.2 Å². The molecule has 5 aromatic rings. The predicted molar refractivity (Wildman–Crippen MR) is 154 cm³/mol. The number of hydrogen-bond donors (Lipinski definition) is 0. The van der Waals surface area contributed by atoms with E-state index in [1.54, 1.807) is 13.2 Å². The van der Waals surface area contributed by atoms with Crippen molar-refractivity contribution in [1.29, 1.82) is 0 Å². The fourth-order valence-electron chi connectivity index (χ4n) is 5.49. The maximum absolute atomic E-state index is 12.4. The van der Waals surface area contributed by atoms with Gasteiger partial charge < -0.3 is 27.9 Å². The van der Waals surface area contributed by atoms with Gasteiger partial charge in [-0.1, -0.05) is 12.1 Å². The number of hydrogen-bond acceptors (Lipinski definition) is 9. The molecule has 0 unspecified atom stereocenters. The molecule has 10 heteroatoms. The van der Waals surface area contributed by atoms with E-state index < -0.39 is 5.63 Å². The fourth-order valence-corrected chi connectivity index (χ4v) is 5.49. The van der Waals surface area contributed by atoms with Crippen LogP contribution in [0.3, 0.4) is 0 Å². The zero-order valence-corrected chi connectivity index (χ0v) is 23.0. The van der Waals surface area contributed by atoms with E-state index in [1.165, 1.54) is 6.07 Å². The Labute approximate surface area is 236 Å². The van der Waals surface area contributed by atoms with Crippen LogP contribution in [0, 0.1) is 6.92 Å². The number of aromatic nitrogens is 1. The van der Waals surface area contributed by atoms with Crippen molar-refractivity contribution in [3.05, 3.63) is 76.4 Å². The van der Waals surface area contributed by atoms with E-state index in [1.807, 2.05) is 43.5 Å². The summed E-state index contributed by atoms with van der Waals surface area (Å²) in [6.07, 6.45) is 1.93. The van der Waals surface area contributed by atoms with Crippen molar-refractivity contribution in [1.82, 2.24) is 9.88 Å². The minimum absolute atomic E-state index is 0. The summed E-state index contributed by atoms with van der Waals surface area (Å²) in [7, 11) is 1.71. The summed E-state index contributed by atoms with van der Waals surface area (Å²) in [5.41, 5.74) is 4.33. The van der Waals surface area contributed by atoms with Crippen LogP contribution in [0.1, 0.15) is 11.3 Å². The second-order valence-electron chi connectivity index (χ2n) is 9.84. The first kappa shape index (κ1) is 26.0. The molecule has 2 aliphatic heterocycles. The predicted octanol–water partition coefficient (Wildman–Crippen LogP) is 5.39. The molecule has 2 aromatic carbocycles. The molecular weight excluding hydrogens is 534 g/mol. The standard InChI is InChI=1S/C30H27N3O6.ClH/c1-18-30-20(11-25(39-30)22-13-29(34)38-26-14-28-27(12-21(22)26)36-17-37-28)19(15-31-18)16-32-7-9-33(10-8-32)23-5-3-4-6-24(23)35-2;/h3-6,11-15H,7-10,16-17H2,1-2H3;1H. The molecule has 1 saturated heterocycles. The quantitative estimate of drug-likeness (QED) is 0.262. The number of halogens is 1. The number of furan rings is 1. The molecule has 7 rings (SSSR count). The van der Waals surface area contributed by atoms with Gasteiger partial charge in [0, 0.05) is 67.4 Å². The lowest BCUT2D eigenvalue weighted by Gasteiger charge is -2.36. The number of nitrogens with zero attached hydrogens (tertiary/aromatic N) is 3. The average Bonchev–Trinajstić information content (AvgIpc) is 3.61. The molecule has 3 aromatic heterocycles. The summed E-state index contributed by atoms with van der Waals surface area (Å²) in [5.74, 6) is 2.65. The maximum atomic E-state index is 12.4. The van der Waals surface area contributed by atoms with E-state index in [0.29, 0.717) is 28.4 Å². The third kappa shape index (κ3) is 4.51. The summed E-state index contributed by atoms with van der Waals surface area (Å²) in [5, 5.41) is 1.71. The number of fused-ring (bicyclic) bond motifs is 3. The van der Waals surface area contributed by atoms with E-state index in [0.717, 1.165) is 71.8 Å². The number of benzene rings is 2. The Morgan fingerprint density at radius 3 is 2.52 bits per heavy atom. The van der Waals surface area contributed by atoms with Crippen LogP contribution in [0.2, 0.25) is 0 Å². The SMILES string of the molecule is COc1ccccc1N1CCN(Cc2cnc(C)c3oc(-c4cc(=O)oc5cc6c(cc45)OCO6)cc23)CC1.Cl. The molecule has 206 valence electrons. The van der Waals surface area contributed by atoms with Gasteiger partial charge in [0.25, 0.3) is 0 Å². The first-order valence-electron chi connectivity index (χ1n) is 12.9. The Kier molecular flexibility index (Phi) is 6.77. The topological polar surface area (TPSA) is 90.4 Å². The lowest BCUT2D eigenvalue weighted by Crippen LogP contribution is -2.46. The highest BCUT2D eigenvalue weighted by molar-refractivity contribution is 5.97. The van der Waals surface area contributed by atoms with Crippen molar-refractivity contribution in [2.75, 3.05) is 45.0 Å². The number of piperazine rings is 1. The number of anilines is 1. The Balaban J connectivity index is 0.00000289. The number of ether oxygens (including phenoxy) is 3. The van der Waals surface area contributed by atoms with Crippen LogP contribution < -0.4 is 24.7 Å². The molecule has 9 nitrogen and oxygen atoms in total. The zero-order chi connectivity index (χ0) is 26.5. The van der Waals surface area contributed by atoms with Crippen LogP contribution in [0.15, 0.2) is 68.4 Å². The van der Waals surface area contributed by atoms with E-state index in [2.05, 4.69) is 20.9 Å². The minimum atomic E-state index is -0.459. The zero-order valence-electron chi connectivity index (χ0n) is 22.1. The summed E-state index contributed by atoms with van der Waals surface area (Å²) in [6, 6.07) is 15.1. The third-order valence-electron chi connectivity index (χ3n) is 7.52. The van der Waals surface area contributed by atoms with Crippen molar-refractivity contribution >= 4 is 40.0 Å². The van der Waals surface area contributed by atoms with Gasteiger partial charge in [-0.05, 0) is 36.8 Å². The highest BCUT2D eigenvalue weighted by Gasteiger charge is 2.23. The van der Waals surface area contributed by atoms with E-state index in [9.17, 15) is 4.79 Å². The van der Waals surface area contributed by atoms with E-state index in [4.69, 9.17) is 23.0 Å². The molecule has 0 aliphatic carbocycles. The first-order chi connectivity index (χ1) is 19.1. The van der Waals surface area contributed by atoms with Crippen molar-refractivity contribution in [2.24, 2.45) is 0 Å². The highest BCUT2D eigenvalue weighted by atomic mass is 35.5. The van der Waals surface area contributed by atoms with Gasteiger partial charge in [0.15, 0.2) is 17.1 Å². The lowest BCUT2D eigenvalue weighted by atomic mass is 10.1. The lowest BCUT2D eigenvalue weighted by molar-refractivity contribution is 0.174. The van der Waals surface area contributed by atoms with Crippen molar-refractivity contribution in [3.63, 3.8) is 0 Å². The van der Waals surface area contributed by atoms with Gasteiger partial charge in [0.2, 0.25) is 6.79 Å².